The molecule has 1 aliphatic heterocycles. The highest BCUT2D eigenvalue weighted by Gasteiger charge is 2.40. The first-order chi connectivity index (χ1) is 11.9. The summed E-state index contributed by atoms with van der Waals surface area (Å²) in [6, 6.07) is 8.44. The number of nitrogens with one attached hydrogen (secondary N) is 1. The molecule has 0 spiro atoms. The van der Waals surface area contributed by atoms with E-state index in [1.54, 1.807) is 7.05 Å². The van der Waals surface area contributed by atoms with Crippen molar-refractivity contribution in [1.82, 2.24) is 4.90 Å². The smallest absolute Gasteiger partial charge is 0.103 e. The van der Waals surface area contributed by atoms with Gasteiger partial charge in [-0.05, 0) is 44.1 Å². The van der Waals surface area contributed by atoms with E-state index in [0.29, 0.717) is 11.6 Å². The normalized spacial score (nSPS) is 20.0. The van der Waals surface area contributed by atoms with E-state index in [4.69, 9.17) is 11.8 Å². The topological polar surface area (TPSA) is 39.5 Å². The van der Waals surface area contributed by atoms with Gasteiger partial charge < -0.3 is 4.90 Å². The Hall–Kier alpha value is -2.60. The summed E-state index contributed by atoms with van der Waals surface area (Å²) in [4.78, 5) is 6.57. The van der Waals surface area contributed by atoms with Crippen LogP contribution in [0.25, 0.3) is 5.57 Å². The van der Waals surface area contributed by atoms with Gasteiger partial charge in [-0.15, -0.1) is 12.3 Å². The minimum Gasteiger partial charge on any atom is -0.369 e. The van der Waals surface area contributed by atoms with E-state index in [0.717, 1.165) is 35.6 Å². The highest BCUT2D eigenvalue weighted by molar-refractivity contribution is 6.53. The van der Waals surface area contributed by atoms with Crippen molar-refractivity contribution in [3.8, 4) is 12.3 Å². The fraction of sp³-hybridized carbons (Fsp3) is 0.364. The fourth-order valence-electron chi connectivity index (χ4n) is 3.28. The Morgan fingerprint density at radius 3 is 2.60 bits per heavy atom. The molecule has 1 aromatic rings. The zero-order valence-corrected chi connectivity index (χ0v) is 15.4. The summed E-state index contributed by atoms with van der Waals surface area (Å²) in [7, 11) is 1.75. The van der Waals surface area contributed by atoms with E-state index in [2.05, 4.69) is 66.9 Å². The lowest BCUT2D eigenvalue weighted by Crippen LogP contribution is -2.53. The second kappa shape index (κ2) is 6.37. The second-order valence-corrected chi connectivity index (χ2v) is 7.45. The quantitative estimate of drug-likeness (QED) is 0.661. The Morgan fingerprint density at radius 1 is 1.28 bits per heavy atom. The van der Waals surface area contributed by atoms with Crippen LogP contribution in [0.1, 0.15) is 25.0 Å². The van der Waals surface area contributed by atoms with Gasteiger partial charge in [0.25, 0.3) is 0 Å². The number of hydrogen-bond acceptors (Lipinski definition) is 3. The summed E-state index contributed by atoms with van der Waals surface area (Å²) < 4.78 is 0. The van der Waals surface area contributed by atoms with Crippen LogP contribution in [0.15, 0.2) is 47.1 Å². The van der Waals surface area contributed by atoms with Crippen molar-refractivity contribution in [1.29, 1.82) is 5.41 Å². The molecule has 3 rings (SSSR count). The van der Waals surface area contributed by atoms with Gasteiger partial charge in [-0.1, -0.05) is 29.8 Å². The zero-order chi connectivity index (χ0) is 18.2. The molecule has 1 saturated heterocycles. The van der Waals surface area contributed by atoms with Gasteiger partial charge in [-0.25, -0.2) is 0 Å². The monoisotopic (exact) mass is 331 g/mol. The number of rotatable bonds is 3. The second-order valence-electron chi connectivity index (χ2n) is 7.45. The van der Waals surface area contributed by atoms with Crippen LogP contribution in [0.3, 0.4) is 0 Å². The fourth-order valence-corrected chi connectivity index (χ4v) is 3.28. The van der Waals surface area contributed by atoms with Crippen molar-refractivity contribution in [2.75, 3.05) is 20.1 Å². The van der Waals surface area contributed by atoms with Crippen molar-refractivity contribution >= 4 is 17.0 Å². The lowest BCUT2D eigenvalue weighted by Gasteiger charge is -2.48. The molecule has 3 heteroatoms. The summed E-state index contributed by atoms with van der Waals surface area (Å²) in [5.41, 5.74) is 5.56. The summed E-state index contributed by atoms with van der Waals surface area (Å²) in [6.45, 7) is 8.11. The number of likely N-dealkylation sites (tertiary alicyclic amines) is 1. The lowest BCUT2D eigenvalue weighted by molar-refractivity contribution is 0.0792. The van der Waals surface area contributed by atoms with E-state index in [9.17, 15) is 0 Å². The number of allylic oxidation sites excluding steroid dienone is 4. The molecule has 0 radical (unpaired) electrons. The van der Waals surface area contributed by atoms with Crippen LogP contribution in [-0.4, -0.2) is 36.5 Å². The maximum absolute atomic E-state index is 8.51. The van der Waals surface area contributed by atoms with E-state index < -0.39 is 0 Å². The number of aryl methyl sites for hydroxylation is 1. The van der Waals surface area contributed by atoms with Crippen molar-refractivity contribution in [3.63, 3.8) is 0 Å². The molecule has 0 unspecified atom stereocenters. The zero-order valence-electron chi connectivity index (χ0n) is 15.4. The molecule has 0 atom stereocenters. The maximum atomic E-state index is 8.51. The molecule has 3 nitrogen and oxygen atoms in total. The third-order valence-corrected chi connectivity index (χ3v) is 5.30. The van der Waals surface area contributed by atoms with Gasteiger partial charge >= 0.3 is 0 Å². The molecule has 2 aliphatic rings. The summed E-state index contributed by atoms with van der Waals surface area (Å²) in [6.07, 6.45) is 9.79. The average molecular weight is 331 g/mol. The number of terminal acetylenes is 1. The summed E-state index contributed by atoms with van der Waals surface area (Å²) in [5.74, 6) is 3.36. The van der Waals surface area contributed by atoms with E-state index >= 15 is 0 Å². The van der Waals surface area contributed by atoms with E-state index in [1.807, 2.05) is 6.08 Å². The van der Waals surface area contributed by atoms with Crippen LogP contribution in [0.5, 0.6) is 0 Å². The van der Waals surface area contributed by atoms with Gasteiger partial charge in [0.15, 0.2) is 0 Å². The molecule has 128 valence electrons. The van der Waals surface area contributed by atoms with E-state index in [1.165, 1.54) is 5.56 Å². The third-order valence-electron chi connectivity index (χ3n) is 5.30. The van der Waals surface area contributed by atoms with Gasteiger partial charge in [0, 0.05) is 31.5 Å². The minimum atomic E-state index is -0.106. The Kier molecular flexibility index (Phi) is 4.39. The first kappa shape index (κ1) is 17.2. The highest BCUT2D eigenvalue weighted by Crippen LogP contribution is 2.37. The molecule has 1 fully saturated rings. The average Bonchev–Trinajstić information content (AvgIpc) is 2.54. The molecule has 25 heavy (non-hydrogen) atoms. The molecule has 1 aliphatic carbocycles. The van der Waals surface area contributed by atoms with Gasteiger partial charge in [-0.2, -0.15) is 0 Å². The van der Waals surface area contributed by atoms with Crippen LogP contribution in [-0.2, 0) is 0 Å². The van der Waals surface area contributed by atoms with Crippen LogP contribution >= 0.6 is 0 Å². The Labute approximate surface area is 150 Å². The first-order valence-electron chi connectivity index (χ1n) is 8.65. The van der Waals surface area contributed by atoms with Crippen LogP contribution in [0, 0.1) is 36.0 Å². The number of nitrogens with zero attached hydrogens (tertiary/aromatic N) is 2. The van der Waals surface area contributed by atoms with Gasteiger partial charge in [0.05, 0.1) is 11.4 Å². The first-order valence-corrected chi connectivity index (χ1v) is 8.65. The molecule has 1 N–H and O–H groups in total. The summed E-state index contributed by atoms with van der Waals surface area (Å²) in [5, 5.41) is 8.51. The minimum absolute atomic E-state index is 0.106. The van der Waals surface area contributed by atoms with Crippen LogP contribution in [0.2, 0.25) is 0 Å². The molecule has 1 heterocycles. The summed E-state index contributed by atoms with van der Waals surface area (Å²) >= 11 is 0. The molecular weight excluding hydrogens is 306 g/mol. The number of aliphatic imine (C=N–C) groups is 1. The Morgan fingerprint density at radius 2 is 2.00 bits per heavy atom. The van der Waals surface area contributed by atoms with Crippen molar-refractivity contribution in [3.05, 3.63) is 53.2 Å². The van der Waals surface area contributed by atoms with Crippen LogP contribution < -0.4 is 0 Å². The number of benzene rings is 1. The van der Waals surface area contributed by atoms with Gasteiger partial charge in [0.2, 0.25) is 0 Å². The SMILES string of the molecule is C#CC(C)(C)C1CN(C2=CC(c3cccc(C)c3)=CC(=NC)C2=N)C1. The Bertz CT molecular complexity index is 840. The molecule has 0 aromatic heterocycles. The van der Waals surface area contributed by atoms with Crippen LogP contribution in [0.4, 0.5) is 0 Å². The van der Waals surface area contributed by atoms with Gasteiger partial charge in [-0.3, -0.25) is 10.4 Å². The highest BCUT2D eigenvalue weighted by atomic mass is 15.2. The molecule has 1 aromatic carbocycles. The third kappa shape index (κ3) is 3.17. The van der Waals surface area contributed by atoms with E-state index in [-0.39, 0.29) is 5.41 Å². The predicted molar refractivity (Wildman–Crippen MR) is 106 cm³/mol. The standard InChI is InChI=1S/C22H25N3/c1-6-22(3,4)18-13-25(14-18)20-12-17(11-19(24-5)21(20)23)16-9-7-8-15(2)10-16/h1,7-12,18,23H,13-14H2,2-5H3. The molecule has 0 bridgehead atoms. The largest absolute Gasteiger partial charge is 0.369 e. The number of hydrogen-bond donors (Lipinski definition) is 1. The van der Waals surface area contributed by atoms with Crippen molar-refractivity contribution in [2.24, 2.45) is 16.3 Å². The lowest BCUT2D eigenvalue weighted by atomic mass is 9.74. The van der Waals surface area contributed by atoms with Crippen molar-refractivity contribution < 1.29 is 0 Å². The molecule has 0 saturated carbocycles. The van der Waals surface area contributed by atoms with Crippen molar-refractivity contribution in [2.45, 2.75) is 20.8 Å². The molecule has 0 amide bonds. The maximum Gasteiger partial charge on any atom is 0.103 e. The van der Waals surface area contributed by atoms with Gasteiger partial charge in [0.1, 0.15) is 5.71 Å². The predicted octanol–water partition coefficient (Wildman–Crippen LogP) is 3.96. The Balaban J connectivity index is 1.90. The molecular formula is C22H25N3.